The number of amides is 1. The lowest BCUT2D eigenvalue weighted by Gasteiger charge is -2.31. The molecule has 10 nitrogen and oxygen atoms in total. The number of ether oxygens (including phenoxy) is 1. The summed E-state index contributed by atoms with van der Waals surface area (Å²) in [7, 11) is 0. The van der Waals surface area contributed by atoms with Crippen LogP contribution in [0.15, 0.2) is 48.0 Å². The van der Waals surface area contributed by atoms with Crippen LogP contribution >= 0.6 is 0 Å². The number of aliphatic hydroxyl groups excluding tert-OH is 1. The van der Waals surface area contributed by atoms with Crippen LogP contribution < -0.4 is 0 Å². The number of benzene rings is 2. The van der Waals surface area contributed by atoms with Crippen LogP contribution in [0.1, 0.15) is 22.7 Å². The number of aryl methyl sites for hydroxylation is 1. The van der Waals surface area contributed by atoms with E-state index in [0.29, 0.717) is 38.4 Å². The highest BCUT2D eigenvalue weighted by Crippen LogP contribution is 2.41. The van der Waals surface area contributed by atoms with Gasteiger partial charge in [-0.1, -0.05) is 23.8 Å². The van der Waals surface area contributed by atoms with Crippen LogP contribution in [0.3, 0.4) is 0 Å². The van der Waals surface area contributed by atoms with Crippen LogP contribution in [-0.2, 0) is 14.3 Å². The Morgan fingerprint density at radius 2 is 1.88 bits per heavy atom. The number of ketones is 1. The van der Waals surface area contributed by atoms with Gasteiger partial charge in [-0.2, -0.15) is 0 Å². The lowest BCUT2D eigenvalue weighted by molar-refractivity contribution is -0.384. The number of morpholine rings is 1. The molecule has 2 fully saturated rings. The average Bonchev–Trinajstić information content (AvgIpc) is 3.09. The van der Waals surface area contributed by atoms with E-state index < -0.39 is 28.4 Å². The Morgan fingerprint density at radius 3 is 2.59 bits per heavy atom. The van der Waals surface area contributed by atoms with Crippen molar-refractivity contribution in [3.63, 3.8) is 0 Å². The van der Waals surface area contributed by atoms with Gasteiger partial charge in [0.25, 0.3) is 17.4 Å². The van der Waals surface area contributed by atoms with Crippen molar-refractivity contribution in [1.29, 1.82) is 0 Å². The van der Waals surface area contributed by atoms with Gasteiger partial charge in [0.05, 0.1) is 35.3 Å². The third kappa shape index (κ3) is 4.50. The molecule has 1 atom stereocenters. The normalized spacial score (nSPS) is 20.6. The molecule has 178 valence electrons. The van der Waals surface area contributed by atoms with Crippen LogP contribution in [0, 0.1) is 17.0 Å². The zero-order chi connectivity index (χ0) is 24.4. The molecule has 2 saturated heterocycles. The Hall–Kier alpha value is -3.76. The Morgan fingerprint density at radius 1 is 1.15 bits per heavy atom. The summed E-state index contributed by atoms with van der Waals surface area (Å²) >= 11 is 0. The molecule has 0 bridgehead atoms. The molecule has 0 spiro atoms. The minimum absolute atomic E-state index is 0.0154. The summed E-state index contributed by atoms with van der Waals surface area (Å²) in [5.74, 6) is -2.49. The summed E-state index contributed by atoms with van der Waals surface area (Å²) in [6.45, 7) is 4.91. The Bertz CT molecular complexity index is 1170. The third-order valence-corrected chi connectivity index (χ3v) is 6.10. The summed E-state index contributed by atoms with van der Waals surface area (Å²) in [5.41, 5.74) is 0.654. The number of nitro benzene ring substituents is 1. The number of hydrogen-bond donors (Lipinski definition) is 2. The number of nitro groups is 1. The minimum Gasteiger partial charge on any atom is -0.507 e. The van der Waals surface area contributed by atoms with Crippen molar-refractivity contribution in [1.82, 2.24) is 9.80 Å². The summed E-state index contributed by atoms with van der Waals surface area (Å²) < 4.78 is 5.35. The van der Waals surface area contributed by atoms with Gasteiger partial charge in [-0.3, -0.25) is 24.6 Å². The van der Waals surface area contributed by atoms with E-state index in [1.165, 1.54) is 35.2 Å². The molecule has 0 radical (unpaired) electrons. The molecule has 10 heteroatoms. The van der Waals surface area contributed by atoms with E-state index in [2.05, 4.69) is 4.90 Å². The van der Waals surface area contributed by atoms with Gasteiger partial charge in [-0.05, 0) is 24.6 Å². The van der Waals surface area contributed by atoms with Crippen molar-refractivity contribution in [3.05, 3.63) is 74.8 Å². The lowest BCUT2D eigenvalue weighted by Crippen LogP contribution is -2.42. The van der Waals surface area contributed by atoms with E-state index in [4.69, 9.17) is 4.74 Å². The number of aliphatic hydroxyl groups is 1. The maximum Gasteiger partial charge on any atom is 0.295 e. The molecule has 2 heterocycles. The molecule has 1 amide bonds. The first-order valence-corrected chi connectivity index (χ1v) is 10.9. The summed E-state index contributed by atoms with van der Waals surface area (Å²) in [6, 6.07) is 9.16. The van der Waals surface area contributed by atoms with E-state index in [0.717, 1.165) is 5.56 Å². The molecule has 2 N–H and O–H groups in total. The third-order valence-electron chi connectivity index (χ3n) is 6.10. The molecule has 2 aromatic rings. The van der Waals surface area contributed by atoms with Crippen molar-refractivity contribution in [2.45, 2.75) is 13.0 Å². The fourth-order valence-electron chi connectivity index (χ4n) is 4.32. The van der Waals surface area contributed by atoms with Crippen molar-refractivity contribution in [3.8, 4) is 5.75 Å². The number of phenolic OH excluding ortho intramolecular Hbond substituents is 1. The number of phenols is 1. The second-order valence-corrected chi connectivity index (χ2v) is 8.32. The van der Waals surface area contributed by atoms with Gasteiger partial charge in [0.15, 0.2) is 0 Å². The summed E-state index contributed by atoms with van der Waals surface area (Å²) in [5, 5.41) is 32.8. The summed E-state index contributed by atoms with van der Waals surface area (Å²) in [4.78, 5) is 40.4. The number of hydrogen-bond acceptors (Lipinski definition) is 8. The van der Waals surface area contributed by atoms with Crippen LogP contribution in [0.25, 0.3) is 5.76 Å². The number of Topliss-reactive ketones (excluding diaryl/α,β-unsaturated/α-hetero) is 1. The van der Waals surface area contributed by atoms with E-state index >= 15 is 0 Å². The molecular weight excluding hydrogens is 442 g/mol. The first-order valence-electron chi connectivity index (χ1n) is 10.9. The first-order chi connectivity index (χ1) is 16.3. The number of non-ortho nitro benzene ring substituents is 1. The first kappa shape index (κ1) is 23.4. The van der Waals surface area contributed by atoms with Gasteiger partial charge in [-0.25, -0.2) is 0 Å². The van der Waals surface area contributed by atoms with E-state index in [9.17, 15) is 29.9 Å². The van der Waals surface area contributed by atoms with Gasteiger partial charge < -0.3 is 19.8 Å². The Kier molecular flexibility index (Phi) is 6.62. The highest BCUT2D eigenvalue weighted by Gasteiger charge is 2.46. The molecule has 0 saturated carbocycles. The highest BCUT2D eigenvalue weighted by molar-refractivity contribution is 6.46. The average molecular weight is 467 g/mol. The molecule has 34 heavy (non-hydrogen) atoms. The van der Waals surface area contributed by atoms with Crippen molar-refractivity contribution in [2.75, 3.05) is 39.4 Å². The van der Waals surface area contributed by atoms with Crippen molar-refractivity contribution >= 4 is 23.1 Å². The molecule has 0 aromatic heterocycles. The van der Waals surface area contributed by atoms with E-state index in [1.807, 2.05) is 0 Å². The van der Waals surface area contributed by atoms with Gasteiger partial charge in [0.2, 0.25) is 0 Å². The van der Waals surface area contributed by atoms with Crippen LogP contribution in [-0.4, -0.2) is 76.0 Å². The van der Waals surface area contributed by atoms with Crippen LogP contribution in [0.5, 0.6) is 5.75 Å². The maximum absolute atomic E-state index is 13.1. The maximum atomic E-state index is 13.1. The molecule has 2 aliphatic heterocycles. The largest absolute Gasteiger partial charge is 0.507 e. The fraction of sp³-hybridized carbons (Fsp3) is 0.333. The van der Waals surface area contributed by atoms with Crippen LogP contribution in [0.2, 0.25) is 0 Å². The number of aromatic hydroxyl groups is 1. The van der Waals surface area contributed by atoms with Gasteiger partial charge >= 0.3 is 0 Å². The quantitative estimate of drug-likeness (QED) is 0.217. The number of rotatable bonds is 6. The number of nitrogens with zero attached hydrogens (tertiary/aromatic N) is 3. The molecule has 0 aliphatic carbocycles. The number of carbonyl (C=O) groups is 2. The van der Waals surface area contributed by atoms with Gasteiger partial charge in [0.1, 0.15) is 11.5 Å². The number of carbonyl (C=O) groups excluding carboxylic acids is 2. The molecule has 2 aromatic carbocycles. The topological polar surface area (TPSA) is 133 Å². The standard InChI is InChI=1S/C24H25N3O7/c1-15-5-6-19(28)18(13-15)22(29)20-21(16-3-2-4-17(14-16)27(32)33)26(24(31)23(20)30)8-7-25-9-11-34-12-10-25/h2-6,13-14,21,28-29H,7-12H2,1H3/t21-/m1/s1. The smallest absolute Gasteiger partial charge is 0.295 e. The summed E-state index contributed by atoms with van der Waals surface area (Å²) in [6.07, 6.45) is 0. The second-order valence-electron chi connectivity index (χ2n) is 8.32. The zero-order valence-corrected chi connectivity index (χ0v) is 18.6. The Labute approximate surface area is 195 Å². The predicted molar refractivity (Wildman–Crippen MR) is 122 cm³/mol. The molecule has 4 rings (SSSR count). The second kappa shape index (κ2) is 9.62. The van der Waals surface area contributed by atoms with E-state index in [1.54, 1.807) is 19.1 Å². The monoisotopic (exact) mass is 467 g/mol. The molecule has 2 aliphatic rings. The predicted octanol–water partition coefficient (Wildman–Crippen LogP) is 2.36. The zero-order valence-electron chi connectivity index (χ0n) is 18.6. The SMILES string of the molecule is Cc1ccc(O)c(C(O)=C2C(=O)C(=O)N(CCN3CCOCC3)[C@@H]2c2cccc([N+](=O)[O-])c2)c1. The van der Waals surface area contributed by atoms with Gasteiger partial charge in [0, 0.05) is 38.3 Å². The van der Waals surface area contributed by atoms with Gasteiger partial charge in [-0.15, -0.1) is 0 Å². The van der Waals surface area contributed by atoms with Crippen molar-refractivity contribution < 1.29 is 29.5 Å². The lowest BCUT2D eigenvalue weighted by atomic mass is 9.94. The minimum atomic E-state index is -1.04. The van der Waals surface area contributed by atoms with Crippen LogP contribution in [0.4, 0.5) is 5.69 Å². The van der Waals surface area contributed by atoms with Crippen molar-refractivity contribution in [2.24, 2.45) is 0 Å². The molecular formula is C24H25N3O7. The van der Waals surface area contributed by atoms with E-state index in [-0.39, 0.29) is 29.1 Å². The fourth-order valence-corrected chi connectivity index (χ4v) is 4.32. The molecule has 0 unspecified atom stereocenters. The number of likely N-dealkylation sites (tertiary alicyclic amines) is 1. The highest BCUT2D eigenvalue weighted by atomic mass is 16.6. The Balaban J connectivity index is 1.81.